The van der Waals surface area contributed by atoms with Gasteiger partial charge in [0.2, 0.25) is 5.96 Å². The van der Waals surface area contributed by atoms with Gasteiger partial charge in [-0.1, -0.05) is 0 Å². The summed E-state index contributed by atoms with van der Waals surface area (Å²) in [7, 11) is 4.09. The number of carbonyl (C=O) groups is 2. The minimum Gasteiger partial charge on any atom is -0.444 e. The van der Waals surface area contributed by atoms with Gasteiger partial charge in [0.1, 0.15) is 29.4 Å². The number of carbonyl (C=O) groups excluding carboxylic acids is 2. The highest BCUT2D eigenvalue weighted by atomic mass is 32.2. The summed E-state index contributed by atoms with van der Waals surface area (Å²) in [6.07, 6.45) is -1.35. The van der Waals surface area contributed by atoms with Gasteiger partial charge in [-0.15, -0.1) is 11.8 Å². The van der Waals surface area contributed by atoms with Crippen LogP contribution >= 0.6 is 11.8 Å². The second-order valence-electron chi connectivity index (χ2n) is 19.3. The number of amidine groups is 1. The average Bonchev–Trinajstić information content (AvgIpc) is 3.76. The van der Waals surface area contributed by atoms with E-state index in [1.54, 1.807) is 25.7 Å². The zero-order valence-corrected chi connectivity index (χ0v) is 34.7. The number of halogens is 2. The molecular formula is C40H58F2N8O5S. The van der Waals surface area contributed by atoms with Crippen molar-refractivity contribution >= 4 is 35.7 Å². The van der Waals surface area contributed by atoms with Crippen LogP contribution in [-0.2, 0) is 14.2 Å². The van der Waals surface area contributed by atoms with Crippen molar-refractivity contribution in [3.05, 3.63) is 10.6 Å². The van der Waals surface area contributed by atoms with E-state index in [0.717, 1.165) is 18.7 Å². The van der Waals surface area contributed by atoms with Crippen molar-refractivity contribution in [3.63, 3.8) is 0 Å². The molecule has 56 heavy (non-hydrogen) atoms. The minimum absolute atomic E-state index is 0.00783. The second kappa shape index (κ2) is 14.6. The van der Waals surface area contributed by atoms with Crippen LogP contribution in [0.2, 0.25) is 0 Å². The zero-order chi connectivity index (χ0) is 40.0. The van der Waals surface area contributed by atoms with Crippen molar-refractivity contribution in [3.8, 4) is 6.07 Å². The third-order valence-corrected chi connectivity index (χ3v) is 14.6. The molecule has 13 nitrogen and oxygen atoms in total. The predicted molar refractivity (Wildman–Crippen MR) is 208 cm³/mol. The van der Waals surface area contributed by atoms with Crippen LogP contribution < -0.4 is 5.32 Å². The van der Waals surface area contributed by atoms with Crippen LogP contribution in [0.25, 0.3) is 0 Å². The summed E-state index contributed by atoms with van der Waals surface area (Å²) in [6, 6.07) is 1.80. The van der Waals surface area contributed by atoms with E-state index in [1.165, 1.54) is 11.8 Å². The van der Waals surface area contributed by atoms with Crippen molar-refractivity contribution in [1.82, 2.24) is 24.9 Å². The molecular weight excluding hydrogens is 743 g/mol. The molecule has 6 heterocycles. The smallest absolute Gasteiger partial charge is 0.412 e. The van der Waals surface area contributed by atoms with Gasteiger partial charge in [0.25, 0.3) is 0 Å². The first-order valence-corrected chi connectivity index (χ1v) is 21.3. The van der Waals surface area contributed by atoms with Crippen molar-refractivity contribution < 1.29 is 32.6 Å². The number of alkyl carbamates (subject to hydrolysis) is 1. The van der Waals surface area contributed by atoms with Crippen molar-refractivity contribution in [2.24, 2.45) is 45.5 Å². The number of guanidine groups is 1. The molecule has 6 aliphatic heterocycles. The molecule has 2 bridgehead atoms. The van der Waals surface area contributed by atoms with Gasteiger partial charge in [-0.3, -0.25) is 5.32 Å². The van der Waals surface area contributed by atoms with E-state index in [4.69, 9.17) is 24.2 Å². The number of thioether (sulfide) groups is 1. The number of nitrogens with one attached hydrogen (secondary N) is 1. The van der Waals surface area contributed by atoms with Crippen LogP contribution in [0, 0.1) is 46.8 Å². The van der Waals surface area contributed by atoms with Crippen molar-refractivity contribution in [1.29, 1.82) is 5.26 Å². The van der Waals surface area contributed by atoms with Gasteiger partial charge >= 0.3 is 12.2 Å². The molecule has 2 aliphatic carbocycles. The number of amides is 2. The first kappa shape index (κ1) is 39.7. The fourth-order valence-electron chi connectivity index (χ4n) is 10.8. The van der Waals surface area contributed by atoms with E-state index < -0.39 is 53.4 Å². The second-order valence-corrected chi connectivity index (χ2v) is 20.6. The highest BCUT2D eigenvalue weighted by molar-refractivity contribution is 8.04. The fourth-order valence-corrected chi connectivity index (χ4v) is 12.3. The van der Waals surface area contributed by atoms with Crippen molar-refractivity contribution in [2.45, 2.75) is 120 Å². The number of aliphatic imine (C=N–C) groups is 2. The number of hydrogen-bond acceptors (Lipinski definition) is 12. The summed E-state index contributed by atoms with van der Waals surface area (Å²) in [4.78, 5) is 45.1. The van der Waals surface area contributed by atoms with E-state index in [-0.39, 0.29) is 47.6 Å². The number of ether oxygens (including phenoxy) is 3. The fraction of sp³-hybridized carbons (Fsp3) is 0.825. The third-order valence-electron chi connectivity index (χ3n) is 13.2. The lowest BCUT2D eigenvalue weighted by Crippen LogP contribution is -2.66. The van der Waals surface area contributed by atoms with Gasteiger partial charge < -0.3 is 33.8 Å². The van der Waals surface area contributed by atoms with Gasteiger partial charge in [-0.25, -0.2) is 23.4 Å². The van der Waals surface area contributed by atoms with Crippen LogP contribution in [0.4, 0.5) is 18.4 Å². The SMILES string of the molecule is CN(C)C1CN(C2=NC3C(F)C(C4C(F)CCC5SC(NC(=O)OC(C)(C)C)=C(C#N)C54)C4COCC4C3C(N3C4CCC3CN(C(=O)OC(C)(C)C)C4)=N2)C1. The lowest BCUT2D eigenvalue weighted by atomic mass is 9.55. The summed E-state index contributed by atoms with van der Waals surface area (Å²) >= 11 is 1.37. The Kier molecular flexibility index (Phi) is 10.3. The number of nitriles is 1. The first-order chi connectivity index (χ1) is 26.4. The maximum absolute atomic E-state index is 18.1. The summed E-state index contributed by atoms with van der Waals surface area (Å²) in [5, 5.41) is 13.5. The zero-order valence-electron chi connectivity index (χ0n) is 33.9. The van der Waals surface area contributed by atoms with Crippen LogP contribution in [0.1, 0.15) is 67.2 Å². The van der Waals surface area contributed by atoms with Gasteiger partial charge in [0, 0.05) is 73.2 Å². The molecule has 0 aromatic heterocycles. The molecule has 0 radical (unpaired) electrons. The number of allylic oxidation sites excluding steroid dienone is 1. The third kappa shape index (κ3) is 7.16. The Morgan fingerprint density at radius 2 is 1.59 bits per heavy atom. The first-order valence-electron chi connectivity index (χ1n) is 20.4. The maximum Gasteiger partial charge on any atom is 0.412 e. The van der Waals surface area contributed by atoms with Gasteiger partial charge in [0.05, 0.1) is 35.9 Å². The van der Waals surface area contributed by atoms with Gasteiger partial charge in [-0.2, -0.15) is 10.3 Å². The number of fused-ring (bicyclic) bond motifs is 6. The monoisotopic (exact) mass is 800 g/mol. The maximum atomic E-state index is 18.1. The predicted octanol–water partition coefficient (Wildman–Crippen LogP) is 5.04. The van der Waals surface area contributed by atoms with Crippen LogP contribution in [0.5, 0.6) is 0 Å². The molecule has 6 fully saturated rings. The molecule has 8 rings (SSSR count). The van der Waals surface area contributed by atoms with E-state index in [1.807, 2.05) is 34.9 Å². The number of likely N-dealkylation sites (tertiary alicyclic amines) is 2. The van der Waals surface area contributed by atoms with Crippen LogP contribution in [0.15, 0.2) is 20.6 Å². The number of alkyl halides is 2. The molecule has 2 amide bonds. The van der Waals surface area contributed by atoms with Gasteiger partial charge in [0.15, 0.2) is 0 Å². The largest absolute Gasteiger partial charge is 0.444 e. The summed E-state index contributed by atoms with van der Waals surface area (Å²) in [5.41, 5.74) is -1.05. The highest BCUT2D eigenvalue weighted by Crippen LogP contribution is 2.59. The molecule has 12 atom stereocenters. The van der Waals surface area contributed by atoms with Crippen molar-refractivity contribution in [2.75, 3.05) is 53.5 Å². The molecule has 12 unspecified atom stereocenters. The molecule has 0 aromatic carbocycles. The molecule has 2 saturated carbocycles. The Morgan fingerprint density at radius 3 is 2.21 bits per heavy atom. The Morgan fingerprint density at radius 1 is 0.929 bits per heavy atom. The Bertz CT molecular complexity index is 1700. The summed E-state index contributed by atoms with van der Waals surface area (Å²) < 4.78 is 52.3. The lowest BCUT2D eigenvalue weighted by molar-refractivity contribution is -0.0477. The number of hydrogen-bond donors (Lipinski definition) is 1. The molecule has 0 aromatic rings. The van der Waals surface area contributed by atoms with Crippen LogP contribution in [-0.4, -0.2) is 150 Å². The number of nitrogens with zero attached hydrogens (tertiary/aromatic N) is 7. The van der Waals surface area contributed by atoms with E-state index in [0.29, 0.717) is 68.4 Å². The summed E-state index contributed by atoms with van der Waals surface area (Å²) in [5.74, 6) is -1.65. The van der Waals surface area contributed by atoms with E-state index in [2.05, 4.69) is 26.1 Å². The molecule has 0 spiro atoms. The van der Waals surface area contributed by atoms with E-state index in [9.17, 15) is 14.9 Å². The molecule has 4 saturated heterocycles. The minimum atomic E-state index is -1.52. The lowest BCUT2D eigenvalue weighted by Gasteiger charge is -2.54. The average molecular weight is 801 g/mol. The number of rotatable bonds is 3. The number of piperazine rings is 1. The van der Waals surface area contributed by atoms with Crippen LogP contribution in [0.3, 0.4) is 0 Å². The normalized spacial score (nSPS) is 38.3. The Hall–Kier alpha value is -3.16. The molecule has 308 valence electrons. The highest BCUT2D eigenvalue weighted by Gasteiger charge is 2.64. The standard InChI is InChI=1S/C40H58F2N8O5S/c1-39(2,3)54-37(51)46-35-23(13-43)28-27(56-35)12-11-26(41)31(28)29-24-18-53-19-25(24)30-33(32(29)42)44-36(48-16-22(17-48)47(7)8)45-34(30)50-20-9-10-21(50)15-49(14-20)38(52)55-40(4,5)6/h20-22,24-33H,9-12,14-19H2,1-8H3,(H,46,51). The summed E-state index contributed by atoms with van der Waals surface area (Å²) in [6.45, 7) is 14.0. The topological polar surface area (TPSA) is 135 Å². The molecule has 1 N–H and O–H groups in total. The Balaban J connectivity index is 1.13. The Labute approximate surface area is 333 Å². The number of likely N-dealkylation sites (N-methyl/N-ethyl adjacent to an activating group) is 1. The van der Waals surface area contributed by atoms with Gasteiger partial charge in [-0.05, 0) is 93.2 Å². The quantitative estimate of drug-likeness (QED) is 0.414. The molecule has 8 aliphatic rings. The van der Waals surface area contributed by atoms with E-state index >= 15 is 8.78 Å². The molecule has 16 heteroatoms.